The molecule has 0 N–H and O–H groups in total. The topological polar surface area (TPSA) is 38.1 Å². The van der Waals surface area contributed by atoms with Gasteiger partial charge in [0.05, 0.1) is 0 Å². The fourth-order valence-electron chi connectivity index (χ4n) is 1.90. The molecule has 14 heavy (non-hydrogen) atoms. The maximum atomic E-state index is 10.6. The molecule has 1 aliphatic heterocycles. The van der Waals surface area contributed by atoms with Gasteiger partial charge in [-0.15, -0.1) is 0 Å². The van der Waals surface area contributed by atoms with E-state index in [1.807, 2.05) is 17.8 Å². The zero-order valence-electron chi connectivity index (χ0n) is 8.39. The summed E-state index contributed by atoms with van der Waals surface area (Å²) < 4.78 is 2.02. The number of nitrogens with zero attached hydrogens (tertiary/aromatic N) is 3. The Balaban J connectivity index is 2.02. The van der Waals surface area contributed by atoms with E-state index in [1.54, 1.807) is 6.20 Å². The van der Waals surface area contributed by atoms with E-state index in [-0.39, 0.29) is 5.92 Å². The molecule has 1 saturated heterocycles. The van der Waals surface area contributed by atoms with Crippen LogP contribution in [0.4, 0.5) is 5.95 Å². The Bertz CT molecular complexity index is 313. The predicted octanol–water partition coefficient (Wildman–Crippen LogP) is 0.835. The summed E-state index contributed by atoms with van der Waals surface area (Å²) in [4.78, 5) is 17.1. The van der Waals surface area contributed by atoms with Crippen LogP contribution < -0.4 is 4.90 Å². The fraction of sp³-hybridized carbons (Fsp3) is 0.600. The number of piperidine rings is 1. The average Bonchev–Trinajstić information content (AvgIpc) is 2.65. The molecule has 76 valence electrons. The third-order valence-electron chi connectivity index (χ3n) is 2.81. The Morgan fingerprint density at radius 1 is 1.50 bits per heavy atom. The summed E-state index contributed by atoms with van der Waals surface area (Å²) in [5.74, 6) is 1.26. The molecule has 0 atom stereocenters. The quantitative estimate of drug-likeness (QED) is 0.653. The van der Waals surface area contributed by atoms with Gasteiger partial charge >= 0.3 is 0 Å². The van der Waals surface area contributed by atoms with Crippen molar-refractivity contribution in [3.8, 4) is 0 Å². The lowest BCUT2D eigenvalue weighted by atomic mass is 9.99. The van der Waals surface area contributed by atoms with Crippen LogP contribution in [0.5, 0.6) is 0 Å². The van der Waals surface area contributed by atoms with Gasteiger partial charge in [0.1, 0.15) is 6.29 Å². The molecule has 1 fully saturated rings. The molecular weight excluding hydrogens is 178 g/mol. The van der Waals surface area contributed by atoms with Crippen molar-refractivity contribution >= 4 is 12.2 Å². The number of aryl methyl sites for hydroxylation is 1. The molecule has 4 heteroatoms. The van der Waals surface area contributed by atoms with Gasteiger partial charge < -0.3 is 14.3 Å². The van der Waals surface area contributed by atoms with Crippen molar-refractivity contribution in [1.82, 2.24) is 9.55 Å². The van der Waals surface area contributed by atoms with E-state index in [9.17, 15) is 4.79 Å². The zero-order chi connectivity index (χ0) is 9.97. The highest BCUT2D eigenvalue weighted by Gasteiger charge is 2.20. The summed E-state index contributed by atoms with van der Waals surface area (Å²) in [5.41, 5.74) is 0. The number of hydrogen-bond donors (Lipinski definition) is 0. The highest BCUT2D eigenvalue weighted by Crippen LogP contribution is 2.19. The molecule has 2 rings (SSSR count). The highest BCUT2D eigenvalue weighted by molar-refractivity contribution is 5.54. The molecule has 0 saturated carbocycles. The van der Waals surface area contributed by atoms with E-state index >= 15 is 0 Å². The third kappa shape index (κ3) is 1.64. The number of aldehydes is 1. The van der Waals surface area contributed by atoms with Crippen LogP contribution in [0.3, 0.4) is 0 Å². The molecule has 0 spiro atoms. The van der Waals surface area contributed by atoms with Gasteiger partial charge in [-0.25, -0.2) is 4.98 Å². The van der Waals surface area contributed by atoms with Gasteiger partial charge in [0.15, 0.2) is 0 Å². The number of hydrogen-bond acceptors (Lipinski definition) is 3. The van der Waals surface area contributed by atoms with E-state index in [1.165, 1.54) is 0 Å². The summed E-state index contributed by atoms with van der Waals surface area (Å²) in [5, 5.41) is 0. The van der Waals surface area contributed by atoms with Crippen LogP contribution in [0.1, 0.15) is 12.8 Å². The van der Waals surface area contributed by atoms with Gasteiger partial charge in [0.25, 0.3) is 0 Å². The Labute approximate surface area is 83.5 Å². The molecule has 0 bridgehead atoms. The lowest BCUT2D eigenvalue weighted by Gasteiger charge is -2.30. The van der Waals surface area contributed by atoms with Crippen molar-refractivity contribution in [2.75, 3.05) is 18.0 Å². The molecule has 1 aliphatic rings. The van der Waals surface area contributed by atoms with Crippen LogP contribution >= 0.6 is 0 Å². The van der Waals surface area contributed by atoms with Gasteiger partial charge in [0.2, 0.25) is 5.95 Å². The predicted molar refractivity (Wildman–Crippen MR) is 54.2 cm³/mol. The van der Waals surface area contributed by atoms with E-state index < -0.39 is 0 Å². The number of imidazole rings is 1. The Hall–Kier alpha value is -1.32. The van der Waals surface area contributed by atoms with Gasteiger partial charge in [-0.2, -0.15) is 0 Å². The molecule has 2 heterocycles. The van der Waals surface area contributed by atoms with Crippen molar-refractivity contribution in [3.05, 3.63) is 12.4 Å². The molecule has 0 aromatic carbocycles. The van der Waals surface area contributed by atoms with Crippen LogP contribution in [-0.4, -0.2) is 28.9 Å². The van der Waals surface area contributed by atoms with Crippen molar-refractivity contribution < 1.29 is 4.79 Å². The minimum Gasteiger partial charge on any atom is -0.342 e. The van der Waals surface area contributed by atoms with E-state index in [0.29, 0.717) is 0 Å². The zero-order valence-corrected chi connectivity index (χ0v) is 8.39. The average molecular weight is 193 g/mol. The third-order valence-corrected chi connectivity index (χ3v) is 2.81. The monoisotopic (exact) mass is 193 g/mol. The maximum Gasteiger partial charge on any atom is 0.205 e. The van der Waals surface area contributed by atoms with Gasteiger partial charge in [-0.3, -0.25) is 0 Å². The lowest BCUT2D eigenvalue weighted by Crippen LogP contribution is -2.35. The van der Waals surface area contributed by atoms with Crippen LogP contribution in [0, 0.1) is 5.92 Å². The standard InChI is InChI=1S/C10H15N3O/c1-12-7-4-11-10(12)13-5-2-9(8-14)3-6-13/h4,7-9H,2-3,5-6H2,1H3. The van der Waals surface area contributed by atoms with Crippen LogP contribution in [0.15, 0.2) is 12.4 Å². The first-order valence-electron chi connectivity index (χ1n) is 4.99. The molecule has 0 radical (unpaired) electrons. The van der Waals surface area contributed by atoms with Crippen molar-refractivity contribution in [2.45, 2.75) is 12.8 Å². The summed E-state index contributed by atoms with van der Waals surface area (Å²) in [6.45, 7) is 1.88. The number of rotatable bonds is 2. The van der Waals surface area contributed by atoms with Crippen LogP contribution in [-0.2, 0) is 11.8 Å². The van der Waals surface area contributed by atoms with Crippen LogP contribution in [0.2, 0.25) is 0 Å². The van der Waals surface area contributed by atoms with Crippen molar-refractivity contribution in [3.63, 3.8) is 0 Å². The number of carbonyl (C=O) groups excluding carboxylic acids is 1. The molecule has 0 amide bonds. The largest absolute Gasteiger partial charge is 0.342 e. The smallest absolute Gasteiger partial charge is 0.205 e. The second-order valence-corrected chi connectivity index (χ2v) is 3.80. The first-order valence-corrected chi connectivity index (χ1v) is 4.99. The van der Waals surface area contributed by atoms with Crippen LogP contribution in [0.25, 0.3) is 0 Å². The maximum absolute atomic E-state index is 10.6. The second-order valence-electron chi connectivity index (χ2n) is 3.80. The molecule has 4 nitrogen and oxygen atoms in total. The van der Waals surface area contributed by atoms with Crippen molar-refractivity contribution in [1.29, 1.82) is 0 Å². The van der Waals surface area contributed by atoms with Gasteiger partial charge in [-0.1, -0.05) is 0 Å². The summed E-state index contributed by atoms with van der Waals surface area (Å²) in [6, 6.07) is 0. The first-order chi connectivity index (χ1) is 6.81. The van der Waals surface area contributed by atoms with Gasteiger partial charge in [-0.05, 0) is 12.8 Å². The minimum atomic E-state index is 0.256. The number of aromatic nitrogens is 2. The molecule has 1 aromatic heterocycles. The Morgan fingerprint density at radius 2 is 2.21 bits per heavy atom. The molecule has 0 unspecified atom stereocenters. The Morgan fingerprint density at radius 3 is 2.71 bits per heavy atom. The number of anilines is 1. The minimum absolute atomic E-state index is 0.256. The number of carbonyl (C=O) groups is 1. The van der Waals surface area contributed by atoms with E-state index in [0.717, 1.165) is 38.2 Å². The highest BCUT2D eigenvalue weighted by atomic mass is 16.1. The molecule has 0 aliphatic carbocycles. The Kier molecular flexibility index (Phi) is 2.52. The summed E-state index contributed by atoms with van der Waals surface area (Å²) in [6.07, 6.45) is 6.74. The molecule has 1 aromatic rings. The normalized spacial score (nSPS) is 18.5. The summed E-state index contributed by atoms with van der Waals surface area (Å²) in [7, 11) is 1.99. The second kappa shape index (κ2) is 3.82. The summed E-state index contributed by atoms with van der Waals surface area (Å²) >= 11 is 0. The van der Waals surface area contributed by atoms with E-state index in [4.69, 9.17) is 0 Å². The molecular formula is C10H15N3O. The van der Waals surface area contributed by atoms with Gasteiger partial charge in [0, 0.05) is 38.4 Å². The van der Waals surface area contributed by atoms with Crippen molar-refractivity contribution in [2.24, 2.45) is 13.0 Å². The lowest BCUT2D eigenvalue weighted by molar-refractivity contribution is -0.111. The first kappa shape index (κ1) is 9.24. The SMILES string of the molecule is Cn1ccnc1N1CCC(C=O)CC1. The fourth-order valence-corrected chi connectivity index (χ4v) is 1.90. The van der Waals surface area contributed by atoms with E-state index in [2.05, 4.69) is 9.88 Å².